The minimum atomic E-state index is -3.98. The average Bonchev–Trinajstić information content (AvgIpc) is 2.73. The fourth-order valence-electron chi connectivity index (χ4n) is 3.72. The monoisotopic (exact) mass is 452 g/mol. The first kappa shape index (κ1) is 30.7. The van der Waals surface area contributed by atoms with Crippen LogP contribution in [0.5, 0.6) is 0 Å². The number of hydrogen-bond donors (Lipinski definition) is 0. The van der Waals surface area contributed by atoms with E-state index in [0.717, 1.165) is 58.3 Å². The van der Waals surface area contributed by atoms with Crippen molar-refractivity contribution in [2.75, 3.05) is 19.8 Å². The van der Waals surface area contributed by atoms with E-state index in [9.17, 15) is 13.2 Å². The summed E-state index contributed by atoms with van der Waals surface area (Å²) in [4.78, 5) is 0. The van der Waals surface area contributed by atoms with E-state index in [-0.39, 0.29) is 6.10 Å². The minimum Gasteiger partial charge on any atom is -0.379 e. The molecule has 0 aromatic rings. The first-order chi connectivity index (χ1) is 15.0. The van der Waals surface area contributed by atoms with Crippen molar-refractivity contribution in [1.29, 1.82) is 0 Å². The van der Waals surface area contributed by atoms with E-state index >= 15 is 0 Å². The summed E-state index contributed by atoms with van der Waals surface area (Å²) >= 11 is 0. The summed E-state index contributed by atoms with van der Waals surface area (Å²) in [6, 6.07) is 0. The molecule has 1 atom stereocenters. The van der Waals surface area contributed by atoms with Crippen LogP contribution in [0.1, 0.15) is 136 Å². The fourth-order valence-corrected chi connectivity index (χ4v) is 3.72. The predicted octanol–water partition coefficient (Wildman–Crippen LogP) is 9.40. The van der Waals surface area contributed by atoms with Gasteiger partial charge in [-0.1, -0.05) is 104 Å². The summed E-state index contributed by atoms with van der Waals surface area (Å²) in [5, 5.41) is 0. The lowest BCUT2D eigenvalue weighted by Gasteiger charge is -2.16. The van der Waals surface area contributed by atoms with Gasteiger partial charge < -0.3 is 9.47 Å². The summed E-state index contributed by atoms with van der Waals surface area (Å²) in [6.45, 7) is 6.79. The quantitative estimate of drug-likeness (QED) is 0.136. The van der Waals surface area contributed by atoms with Gasteiger partial charge >= 0.3 is 6.18 Å². The highest BCUT2D eigenvalue weighted by molar-refractivity contribution is 4.55. The van der Waals surface area contributed by atoms with Crippen LogP contribution in [0.4, 0.5) is 13.2 Å². The molecular weight excluding hydrogens is 401 g/mol. The summed E-state index contributed by atoms with van der Waals surface area (Å²) in [5.41, 5.74) is 0. The van der Waals surface area contributed by atoms with Gasteiger partial charge in [-0.2, -0.15) is 13.2 Å². The number of unbranched alkanes of at least 4 members (excludes halogenated alkanes) is 15. The normalized spacial score (nSPS) is 13.1. The largest absolute Gasteiger partial charge is 0.389 e. The number of alkyl halides is 3. The van der Waals surface area contributed by atoms with Crippen LogP contribution in [-0.2, 0) is 9.47 Å². The smallest absolute Gasteiger partial charge is 0.379 e. The van der Waals surface area contributed by atoms with Crippen LogP contribution in [0.2, 0.25) is 0 Å². The van der Waals surface area contributed by atoms with Gasteiger partial charge in [-0.25, -0.2) is 0 Å². The highest BCUT2D eigenvalue weighted by atomic mass is 19.4. The first-order valence-corrected chi connectivity index (χ1v) is 13.3. The molecule has 1 unspecified atom stereocenters. The maximum absolute atomic E-state index is 12.0. The molecule has 0 rings (SSSR count). The SMILES string of the molecule is CCCCOC(CC)COCCCCCCCCCCCCCCCCCC(F)(F)F. The van der Waals surface area contributed by atoms with Crippen LogP contribution in [0.3, 0.4) is 0 Å². The van der Waals surface area contributed by atoms with Gasteiger partial charge in [-0.05, 0) is 25.7 Å². The van der Waals surface area contributed by atoms with E-state index in [1.54, 1.807) is 0 Å². The van der Waals surface area contributed by atoms with Crippen molar-refractivity contribution in [3.8, 4) is 0 Å². The lowest BCUT2D eigenvalue weighted by atomic mass is 10.0. The zero-order valence-corrected chi connectivity index (χ0v) is 20.6. The summed E-state index contributed by atoms with van der Waals surface area (Å²) in [7, 11) is 0. The fraction of sp³-hybridized carbons (Fsp3) is 1.00. The molecule has 0 saturated heterocycles. The molecule has 0 aromatic heterocycles. The molecule has 31 heavy (non-hydrogen) atoms. The maximum Gasteiger partial charge on any atom is 0.389 e. The molecule has 0 aromatic carbocycles. The standard InChI is InChI=1S/C26H51F3O2/c1-3-5-23-31-25(4-2)24-30-22-20-18-16-14-12-10-8-6-7-9-11-13-15-17-19-21-26(27,28)29/h25H,3-24H2,1-2H3. The van der Waals surface area contributed by atoms with Crippen molar-refractivity contribution < 1.29 is 22.6 Å². The van der Waals surface area contributed by atoms with E-state index in [1.165, 1.54) is 70.6 Å². The van der Waals surface area contributed by atoms with Gasteiger partial charge in [0.2, 0.25) is 0 Å². The van der Waals surface area contributed by atoms with Crippen LogP contribution < -0.4 is 0 Å². The molecule has 0 aliphatic rings. The van der Waals surface area contributed by atoms with Crippen molar-refractivity contribution in [3.05, 3.63) is 0 Å². The Morgan fingerprint density at radius 2 is 1.03 bits per heavy atom. The van der Waals surface area contributed by atoms with Gasteiger partial charge in [0, 0.05) is 19.6 Å². The highest BCUT2D eigenvalue weighted by Crippen LogP contribution is 2.23. The second-order valence-electron chi connectivity index (χ2n) is 9.00. The van der Waals surface area contributed by atoms with E-state index in [2.05, 4.69) is 13.8 Å². The van der Waals surface area contributed by atoms with Gasteiger partial charge in [0.15, 0.2) is 0 Å². The van der Waals surface area contributed by atoms with Crippen LogP contribution in [0.25, 0.3) is 0 Å². The number of hydrogen-bond acceptors (Lipinski definition) is 2. The van der Waals surface area contributed by atoms with Crippen LogP contribution >= 0.6 is 0 Å². The van der Waals surface area contributed by atoms with Crippen molar-refractivity contribution in [2.45, 2.75) is 148 Å². The Labute approximate surface area is 191 Å². The summed E-state index contributed by atoms with van der Waals surface area (Å²) < 4.78 is 47.7. The molecule has 0 N–H and O–H groups in total. The molecule has 0 spiro atoms. The molecule has 0 heterocycles. The lowest BCUT2D eigenvalue weighted by molar-refractivity contribution is -0.135. The summed E-state index contributed by atoms with van der Waals surface area (Å²) in [5.74, 6) is 0. The van der Waals surface area contributed by atoms with Gasteiger partial charge in [-0.15, -0.1) is 0 Å². The third-order valence-corrected chi connectivity index (χ3v) is 5.86. The van der Waals surface area contributed by atoms with Crippen molar-refractivity contribution in [2.24, 2.45) is 0 Å². The van der Waals surface area contributed by atoms with Gasteiger partial charge in [-0.3, -0.25) is 0 Å². The zero-order valence-electron chi connectivity index (χ0n) is 20.6. The zero-order chi connectivity index (χ0) is 23.0. The number of halogens is 3. The Bertz CT molecular complexity index is 348. The van der Waals surface area contributed by atoms with Gasteiger partial charge in [0.05, 0.1) is 12.7 Å². The van der Waals surface area contributed by atoms with E-state index in [0.29, 0.717) is 6.42 Å². The third kappa shape index (κ3) is 25.8. The Kier molecular flexibility index (Phi) is 22.7. The first-order valence-electron chi connectivity index (χ1n) is 13.3. The predicted molar refractivity (Wildman–Crippen MR) is 126 cm³/mol. The second kappa shape index (κ2) is 22.9. The minimum absolute atomic E-state index is 0.259. The lowest BCUT2D eigenvalue weighted by Crippen LogP contribution is -2.20. The Hall–Kier alpha value is -0.290. The Morgan fingerprint density at radius 3 is 1.45 bits per heavy atom. The summed E-state index contributed by atoms with van der Waals surface area (Å²) in [6.07, 6.45) is 16.1. The molecule has 5 heteroatoms. The molecule has 2 nitrogen and oxygen atoms in total. The number of ether oxygens (including phenoxy) is 2. The van der Waals surface area contributed by atoms with E-state index < -0.39 is 12.6 Å². The molecule has 0 saturated carbocycles. The van der Waals surface area contributed by atoms with Crippen LogP contribution in [0.15, 0.2) is 0 Å². The molecule has 0 aliphatic carbocycles. The molecule has 0 fully saturated rings. The van der Waals surface area contributed by atoms with Crippen LogP contribution in [-0.4, -0.2) is 32.1 Å². The second-order valence-corrected chi connectivity index (χ2v) is 9.00. The Morgan fingerprint density at radius 1 is 0.581 bits per heavy atom. The molecule has 188 valence electrons. The third-order valence-electron chi connectivity index (χ3n) is 5.86. The molecular formula is C26H51F3O2. The number of rotatable bonds is 24. The van der Waals surface area contributed by atoms with Crippen molar-refractivity contribution in [1.82, 2.24) is 0 Å². The Balaban J connectivity index is 3.17. The molecule has 0 amide bonds. The topological polar surface area (TPSA) is 18.5 Å². The highest BCUT2D eigenvalue weighted by Gasteiger charge is 2.25. The van der Waals surface area contributed by atoms with E-state index in [4.69, 9.17) is 9.47 Å². The molecule has 0 aliphatic heterocycles. The van der Waals surface area contributed by atoms with Crippen molar-refractivity contribution in [3.63, 3.8) is 0 Å². The molecule has 0 radical (unpaired) electrons. The van der Waals surface area contributed by atoms with Crippen molar-refractivity contribution >= 4 is 0 Å². The van der Waals surface area contributed by atoms with Gasteiger partial charge in [0.25, 0.3) is 0 Å². The molecule has 0 bridgehead atoms. The maximum atomic E-state index is 12.0. The average molecular weight is 453 g/mol. The van der Waals surface area contributed by atoms with Crippen LogP contribution in [0, 0.1) is 0 Å². The van der Waals surface area contributed by atoms with E-state index in [1.807, 2.05) is 0 Å². The van der Waals surface area contributed by atoms with Gasteiger partial charge in [0.1, 0.15) is 0 Å².